The van der Waals surface area contributed by atoms with Gasteiger partial charge in [0.25, 0.3) is 17.2 Å². The van der Waals surface area contributed by atoms with Gasteiger partial charge in [-0.1, -0.05) is 0 Å². The Morgan fingerprint density at radius 1 is 1.44 bits per heavy atom. The van der Waals surface area contributed by atoms with Gasteiger partial charge in [0.2, 0.25) is 0 Å². The number of aromatic nitrogens is 2. The van der Waals surface area contributed by atoms with Crippen LogP contribution in [-0.2, 0) is 6.54 Å². The highest BCUT2D eigenvalue weighted by atomic mass is 32.1. The molecule has 1 amide bonds. The minimum atomic E-state index is -0.643. The molecule has 0 aliphatic carbocycles. The predicted octanol–water partition coefficient (Wildman–Crippen LogP) is 1.75. The summed E-state index contributed by atoms with van der Waals surface area (Å²) in [6.45, 7) is 0.0536. The van der Waals surface area contributed by atoms with Crippen molar-refractivity contribution >= 4 is 38.8 Å². The summed E-state index contributed by atoms with van der Waals surface area (Å²) < 4.78 is 0.520. The van der Waals surface area contributed by atoms with E-state index < -0.39 is 10.8 Å². The summed E-state index contributed by atoms with van der Waals surface area (Å²) in [7, 11) is 1.52. The highest BCUT2D eigenvalue weighted by Gasteiger charge is 2.19. The lowest BCUT2D eigenvalue weighted by Gasteiger charge is -2.16. The van der Waals surface area contributed by atoms with E-state index in [1.54, 1.807) is 11.4 Å². The molecule has 0 radical (unpaired) electrons. The number of hydrogen-bond donors (Lipinski definition) is 2. The lowest BCUT2D eigenvalue weighted by atomic mass is 10.1. The first kappa shape index (κ1) is 16.6. The molecule has 10 heteroatoms. The Bertz CT molecular complexity index is 1040. The van der Waals surface area contributed by atoms with Gasteiger partial charge in [0.1, 0.15) is 16.2 Å². The third-order valence-electron chi connectivity index (χ3n) is 3.57. The van der Waals surface area contributed by atoms with Crippen LogP contribution in [-0.4, -0.2) is 32.7 Å². The van der Waals surface area contributed by atoms with Crippen LogP contribution >= 0.6 is 11.3 Å². The van der Waals surface area contributed by atoms with Gasteiger partial charge in [-0.05, 0) is 23.6 Å². The fraction of sp³-hybridized carbons (Fsp3) is 0.133. The molecule has 0 spiro atoms. The SMILES string of the molecule is CN(Cc1nc2ccsc2c(=O)[nH]1)C(=O)c1ccc(N)c([N+](=O)[O-])c1. The summed E-state index contributed by atoms with van der Waals surface area (Å²) in [5.41, 5.74) is 5.62. The van der Waals surface area contributed by atoms with Crippen LogP contribution in [0.5, 0.6) is 0 Å². The zero-order valence-electron chi connectivity index (χ0n) is 13.1. The number of nitrogens with two attached hydrogens (primary N) is 1. The highest BCUT2D eigenvalue weighted by Crippen LogP contribution is 2.23. The van der Waals surface area contributed by atoms with Gasteiger partial charge in [-0.25, -0.2) is 4.98 Å². The molecule has 0 fully saturated rings. The van der Waals surface area contributed by atoms with E-state index >= 15 is 0 Å². The molecule has 0 aliphatic heterocycles. The molecular weight excluding hydrogens is 346 g/mol. The normalized spacial score (nSPS) is 10.8. The van der Waals surface area contributed by atoms with Gasteiger partial charge in [-0.3, -0.25) is 19.7 Å². The molecule has 0 bridgehead atoms. The van der Waals surface area contributed by atoms with Gasteiger partial charge in [-0.2, -0.15) is 0 Å². The van der Waals surface area contributed by atoms with Crippen molar-refractivity contribution in [2.45, 2.75) is 6.54 Å². The number of thiophene rings is 1. The molecule has 2 heterocycles. The summed E-state index contributed by atoms with van der Waals surface area (Å²) in [4.78, 5) is 43.0. The number of rotatable bonds is 4. The molecule has 0 unspecified atom stereocenters. The first-order chi connectivity index (χ1) is 11.9. The second kappa shape index (κ2) is 6.32. The molecule has 3 N–H and O–H groups in total. The second-order valence-electron chi connectivity index (χ2n) is 5.34. The van der Waals surface area contributed by atoms with Crippen molar-refractivity contribution in [3.8, 4) is 0 Å². The number of carbonyl (C=O) groups is 1. The Kier molecular flexibility index (Phi) is 4.19. The number of nitrogens with one attached hydrogen (secondary N) is 1. The first-order valence-corrected chi connectivity index (χ1v) is 8.00. The molecule has 128 valence electrons. The number of nitro benzene ring substituents is 1. The van der Waals surface area contributed by atoms with E-state index in [4.69, 9.17) is 5.73 Å². The Balaban J connectivity index is 1.86. The third kappa shape index (κ3) is 3.19. The zero-order chi connectivity index (χ0) is 18.1. The molecule has 9 nitrogen and oxygen atoms in total. The van der Waals surface area contributed by atoms with E-state index in [1.807, 2.05) is 0 Å². The van der Waals surface area contributed by atoms with Crippen LogP contribution in [0.4, 0.5) is 11.4 Å². The highest BCUT2D eigenvalue weighted by molar-refractivity contribution is 7.17. The van der Waals surface area contributed by atoms with Crippen LogP contribution in [0.3, 0.4) is 0 Å². The number of benzene rings is 1. The lowest BCUT2D eigenvalue weighted by Crippen LogP contribution is -2.28. The van der Waals surface area contributed by atoms with Crippen LogP contribution < -0.4 is 11.3 Å². The van der Waals surface area contributed by atoms with Gasteiger partial charge in [0.05, 0.1) is 17.0 Å². The topological polar surface area (TPSA) is 135 Å². The molecule has 25 heavy (non-hydrogen) atoms. The number of nitro groups is 1. The average Bonchev–Trinajstić information content (AvgIpc) is 3.03. The first-order valence-electron chi connectivity index (χ1n) is 7.12. The van der Waals surface area contributed by atoms with Crippen molar-refractivity contribution in [2.75, 3.05) is 12.8 Å². The average molecular weight is 359 g/mol. The third-order valence-corrected chi connectivity index (χ3v) is 4.47. The maximum absolute atomic E-state index is 12.5. The van der Waals surface area contributed by atoms with Crippen molar-refractivity contribution < 1.29 is 9.72 Å². The Morgan fingerprint density at radius 3 is 2.92 bits per heavy atom. The number of anilines is 1. The minimum Gasteiger partial charge on any atom is -0.393 e. The maximum Gasteiger partial charge on any atom is 0.292 e. The zero-order valence-corrected chi connectivity index (χ0v) is 13.9. The lowest BCUT2D eigenvalue weighted by molar-refractivity contribution is -0.383. The van der Waals surface area contributed by atoms with E-state index in [0.29, 0.717) is 16.0 Å². The maximum atomic E-state index is 12.5. The van der Waals surface area contributed by atoms with E-state index in [0.717, 1.165) is 6.07 Å². The van der Waals surface area contributed by atoms with E-state index in [2.05, 4.69) is 9.97 Å². The van der Waals surface area contributed by atoms with Gasteiger partial charge >= 0.3 is 0 Å². The summed E-state index contributed by atoms with van der Waals surface area (Å²) >= 11 is 1.29. The van der Waals surface area contributed by atoms with Crippen molar-refractivity contribution in [1.29, 1.82) is 0 Å². The Hall–Kier alpha value is -3.27. The van der Waals surface area contributed by atoms with E-state index in [9.17, 15) is 19.7 Å². The standard InChI is InChI=1S/C15H13N5O4S/c1-19(7-12-17-10-4-5-25-13(10)14(21)18-12)15(22)8-2-3-9(16)11(6-8)20(23)24/h2-6H,7,16H2,1H3,(H,17,18,21). The Labute approximate surface area is 144 Å². The number of nitrogens with zero attached hydrogens (tertiary/aromatic N) is 3. The predicted molar refractivity (Wildman–Crippen MR) is 93.5 cm³/mol. The molecular formula is C15H13N5O4S. The summed E-state index contributed by atoms with van der Waals surface area (Å²) in [6, 6.07) is 5.59. The number of hydrogen-bond acceptors (Lipinski definition) is 7. The number of nitrogen functional groups attached to an aromatic ring is 1. The number of fused-ring (bicyclic) bond motifs is 1. The molecule has 0 atom stereocenters. The second-order valence-corrected chi connectivity index (χ2v) is 6.26. The molecule has 0 saturated carbocycles. The van der Waals surface area contributed by atoms with E-state index in [-0.39, 0.29) is 29.0 Å². The molecule has 1 aromatic carbocycles. The van der Waals surface area contributed by atoms with Gasteiger partial charge < -0.3 is 15.6 Å². The molecule has 0 saturated heterocycles. The molecule has 3 aromatic rings. The van der Waals surface area contributed by atoms with Gasteiger partial charge in [0.15, 0.2) is 0 Å². The van der Waals surface area contributed by atoms with Crippen molar-refractivity contribution in [2.24, 2.45) is 0 Å². The van der Waals surface area contributed by atoms with E-state index in [1.165, 1.54) is 35.4 Å². The monoisotopic (exact) mass is 359 g/mol. The Morgan fingerprint density at radius 2 is 2.20 bits per heavy atom. The smallest absolute Gasteiger partial charge is 0.292 e. The minimum absolute atomic E-state index is 0.0156. The van der Waals surface area contributed by atoms with Crippen molar-refractivity contribution in [3.05, 3.63) is 61.5 Å². The largest absolute Gasteiger partial charge is 0.393 e. The van der Waals surface area contributed by atoms with Gasteiger partial charge in [0, 0.05) is 18.7 Å². The molecule has 3 rings (SSSR count). The fourth-order valence-corrected chi connectivity index (χ4v) is 3.07. The number of amides is 1. The van der Waals surface area contributed by atoms with Gasteiger partial charge in [-0.15, -0.1) is 11.3 Å². The van der Waals surface area contributed by atoms with Crippen molar-refractivity contribution in [3.63, 3.8) is 0 Å². The fourth-order valence-electron chi connectivity index (χ4n) is 2.35. The van der Waals surface area contributed by atoms with Crippen LogP contribution in [0, 0.1) is 10.1 Å². The summed E-state index contributed by atoms with van der Waals surface area (Å²) in [6.07, 6.45) is 0. The summed E-state index contributed by atoms with van der Waals surface area (Å²) in [5.74, 6) is -0.118. The van der Waals surface area contributed by atoms with Crippen molar-refractivity contribution in [1.82, 2.24) is 14.9 Å². The quantitative estimate of drug-likeness (QED) is 0.414. The molecule has 0 aliphatic rings. The van der Waals surface area contributed by atoms with Crippen LogP contribution in [0.1, 0.15) is 16.2 Å². The summed E-state index contributed by atoms with van der Waals surface area (Å²) in [5, 5.41) is 12.7. The number of aromatic amines is 1. The van der Waals surface area contributed by atoms with Crippen LogP contribution in [0.15, 0.2) is 34.4 Å². The van der Waals surface area contributed by atoms with Crippen LogP contribution in [0.25, 0.3) is 10.2 Å². The van der Waals surface area contributed by atoms with Crippen LogP contribution in [0.2, 0.25) is 0 Å². The molecule has 2 aromatic heterocycles. The number of carbonyl (C=O) groups excluding carboxylic acids is 1. The number of H-pyrrole nitrogens is 1.